The first-order chi connectivity index (χ1) is 9.52. The summed E-state index contributed by atoms with van der Waals surface area (Å²) in [7, 11) is -4.00. The Hall–Kier alpha value is -0.200. The fourth-order valence-corrected chi connectivity index (χ4v) is 2.07. The van der Waals surface area contributed by atoms with E-state index in [0.717, 1.165) is 6.42 Å². The molecule has 0 aliphatic rings. The normalized spacial score (nSPS) is 10.0. The Balaban J connectivity index is 0. The second-order valence-corrected chi connectivity index (χ2v) is 5.87. The van der Waals surface area contributed by atoms with Gasteiger partial charge in [-0.2, -0.15) is 14.8 Å². The maximum atomic E-state index is 10.4. The maximum Gasteiger partial charge on any atom is 1.00 e. The summed E-state index contributed by atoms with van der Waals surface area (Å²) in [5, 5.41) is 0. The zero-order valence-electron chi connectivity index (χ0n) is 12.9. The van der Waals surface area contributed by atoms with Crippen molar-refractivity contribution in [1.29, 1.82) is 0 Å². The quantitative estimate of drug-likeness (QED) is 0.332. The third kappa shape index (κ3) is 14.5. The van der Waals surface area contributed by atoms with Crippen molar-refractivity contribution in [3.05, 3.63) is 30.3 Å². The van der Waals surface area contributed by atoms with Gasteiger partial charge in [-0.3, -0.25) is 10.8 Å². The van der Waals surface area contributed by atoms with Gasteiger partial charge in [0, 0.05) is 0 Å². The minimum Gasteiger partial charge on any atom is -0.542 e. The average molecular weight is 322 g/mol. The molecular formula is C15H23NaO4S. The van der Waals surface area contributed by atoms with Crippen LogP contribution in [0.2, 0.25) is 0 Å². The van der Waals surface area contributed by atoms with E-state index in [0.29, 0.717) is 6.42 Å². The predicted octanol–water partition coefficient (Wildman–Crippen LogP) is 0.784. The van der Waals surface area contributed by atoms with Gasteiger partial charge in [0.15, 0.2) is 0 Å². The molecular weight excluding hydrogens is 299 g/mol. The summed E-state index contributed by atoms with van der Waals surface area (Å²) in [5.74, 6) is 0. The Morgan fingerprint density at radius 1 is 1.00 bits per heavy atom. The second-order valence-electron chi connectivity index (χ2n) is 4.45. The van der Waals surface area contributed by atoms with Crippen LogP contribution in [0.15, 0.2) is 35.2 Å². The van der Waals surface area contributed by atoms with Crippen LogP contribution in [-0.4, -0.2) is 19.3 Å². The van der Waals surface area contributed by atoms with E-state index < -0.39 is 10.1 Å². The van der Waals surface area contributed by atoms with E-state index in [2.05, 4.69) is 6.92 Å². The van der Waals surface area contributed by atoms with Crippen LogP contribution in [0.25, 0.3) is 0 Å². The second kappa shape index (κ2) is 14.7. The molecule has 0 radical (unpaired) electrons. The monoisotopic (exact) mass is 322 g/mol. The molecule has 0 aliphatic heterocycles. The average Bonchev–Trinajstić information content (AvgIpc) is 2.44. The molecule has 0 saturated carbocycles. The molecule has 0 saturated heterocycles. The number of rotatable bonds is 8. The first kappa shape index (κ1) is 23.1. The zero-order chi connectivity index (χ0) is 15.3. The standard InChI is InChI=1S/C9H17O.C6H6O3S.Na/c1-2-3-4-5-6-7-8-9-10;7-10(8,9)6-4-2-1-3-5-6;/h2-8H2,1H3;1-5H,(H,7,8,9);/q-1;;+1. The van der Waals surface area contributed by atoms with E-state index in [-0.39, 0.29) is 34.5 Å². The molecule has 0 unspecified atom stereocenters. The molecule has 6 heteroatoms. The van der Waals surface area contributed by atoms with Gasteiger partial charge in [-0.25, -0.2) is 0 Å². The Labute approximate surface area is 150 Å². The van der Waals surface area contributed by atoms with Gasteiger partial charge in [0.2, 0.25) is 0 Å². The van der Waals surface area contributed by atoms with Gasteiger partial charge >= 0.3 is 29.6 Å². The number of carbonyl (C=O) groups excluding carboxylic acids is 1. The molecule has 1 aromatic rings. The zero-order valence-corrected chi connectivity index (χ0v) is 15.7. The van der Waals surface area contributed by atoms with E-state index in [1.807, 2.05) is 6.29 Å². The molecule has 114 valence electrons. The van der Waals surface area contributed by atoms with Gasteiger partial charge in [-0.15, -0.1) is 0 Å². The van der Waals surface area contributed by atoms with Crippen molar-refractivity contribution in [2.75, 3.05) is 0 Å². The molecule has 0 fully saturated rings. The maximum absolute atomic E-state index is 10.4. The van der Waals surface area contributed by atoms with Crippen LogP contribution < -0.4 is 29.6 Å². The molecule has 21 heavy (non-hydrogen) atoms. The smallest absolute Gasteiger partial charge is 0.542 e. The summed E-state index contributed by atoms with van der Waals surface area (Å²) in [6, 6.07) is 7.42. The SMILES string of the molecule is CCCCCCCC[C-]=O.O=S(=O)(O)c1ccccc1.[Na+]. The molecule has 0 bridgehead atoms. The van der Waals surface area contributed by atoms with Crippen molar-refractivity contribution in [2.24, 2.45) is 0 Å². The summed E-state index contributed by atoms with van der Waals surface area (Å²) in [6.45, 7) is 2.21. The fourth-order valence-electron chi connectivity index (χ4n) is 1.57. The molecule has 0 atom stereocenters. The van der Waals surface area contributed by atoms with Crippen molar-refractivity contribution in [3.63, 3.8) is 0 Å². The molecule has 0 aromatic heterocycles. The summed E-state index contributed by atoms with van der Waals surface area (Å²) < 4.78 is 29.2. The van der Waals surface area contributed by atoms with Crippen LogP contribution in [0, 0.1) is 0 Å². The van der Waals surface area contributed by atoms with Crippen LogP contribution in [0.4, 0.5) is 0 Å². The summed E-state index contributed by atoms with van der Waals surface area (Å²) in [6.07, 6.45) is 10.0. The Kier molecular flexibility index (Phi) is 16.2. The van der Waals surface area contributed by atoms with Crippen molar-refractivity contribution in [3.8, 4) is 0 Å². The predicted molar refractivity (Wildman–Crippen MR) is 79.9 cm³/mol. The fraction of sp³-hybridized carbons (Fsp3) is 0.533. The largest absolute Gasteiger partial charge is 1.00 e. The van der Waals surface area contributed by atoms with Gasteiger partial charge in [-0.05, 0) is 12.1 Å². The topological polar surface area (TPSA) is 71.4 Å². The Bertz CT molecular complexity index is 446. The van der Waals surface area contributed by atoms with Crippen molar-refractivity contribution in [2.45, 2.75) is 56.8 Å². The van der Waals surface area contributed by atoms with Crippen LogP contribution in [0.3, 0.4) is 0 Å². The molecule has 4 nitrogen and oxygen atoms in total. The number of benzene rings is 1. The van der Waals surface area contributed by atoms with Crippen molar-refractivity contribution < 1.29 is 47.3 Å². The van der Waals surface area contributed by atoms with E-state index in [4.69, 9.17) is 4.55 Å². The first-order valence-corrected chi connectivity index (χ1v) is 8.34. The molecule has 0 amide bonds. The number of hydrogen-bond acceptors (Lipinski definition) is 3. The third-order valence-electron chi connectivity index (χ3n) is 2.67. The Morgan fingerprint density at radius 2 is 1.52 bits per heavy atom. The van der Waals surface area contributed by atoms with E-state index in [1.54, 1.807) is 18.2 Å². The minimum atomic E-state index is -4.00. The van der Waals surface area contributed by atoms with Gasteiger partial charge < -0.3 is 4.79 Å². The Morgan fingerprint density at radius 3 is 1.95 bits per heavy atom. The van der Waals surface area contributed by atoms with Crippen LogP contribution >= 0.6 is 0 Å². The van der Waals surface area contributed by atoms with Gasteiger partial charge in [0.1, 0.15) is 0 Å². The van der Waals surface area contributed by atoms with E-state index >= 15 is 0 Å². The van der Waals surface area contributed by atoms with Gasteiger partial charge in [0.05, 0.1) is 4.90 Å². The van der Waals surface area contributed by atoms with Gasteiger partial charge in [0.25, 0.3) is 10.1 Å². The molecule has 0 spiro atoms. The molecule has 0 aliphatic carbocycles. The minimum absolute atomic E-state index is 0. The molecule has 1 aromatic carbocycles. The third-order valence-corrected chi connectivity index (χ3v) is 3.54. The summed E-state index contributed by atoms with van der Waals surface area (Å²) >= 11 is 0. The van der Waals surface area contributed by atoms with Crippen molar-refractivity contribution in [1.82, 2.24) is 0 Å². The van der Waals surface area contributed by atoms with Crippen molar-refractivity contribution >= 4 is 16.4 Å². The molecule has 0 heterocycles. The van der Waals surface area contributed by atoms with Crippen LogP contribution in [0.5, 0.6) is 0 Å². The van der Waals surface area contributed by atoms with E-state index in [9.17, 15) is 13.2 Å². The molecule has 1 N–H and O–H groups in total. The molecule has 1 rings (SSSR count). The van der Waals surface area contributed by atoms with Crippen LogP contribution in [0.1, 0.15) is 51.9 Å². The summed E-state index contributed by atoms with van der Waals surface area (Å²) in [4.78, 5) is 9.69. The summed E-state index contributed by atoms with van der Waals surface area (Å²) in [5.41, 5.74) is 0. The number of unbranched alkanes of at least 4 members (excludes halogenated alkanes) is 6. The van der Waals surface area contributed by atoms with Gasteiger partial charge in [-0.1, -0.05) is 63.6 Å². The number of hydrogen-bond donors (Lipinski definition) is 1. The van der Waals surface area contributed by atoms with Crippen LogP contribution in [-0.2, 0) is 14.9 Å². The first-order valence-electron chi connectivity index (χ1n) is 6.90. The van der Waals surface area contributed by atoms with E-state index in [1.165, 1.54) is 44.2 Å².